The van der Waals surface area contributed by atoms with Gasteiger partial charge in [-0.1, -0.05) is 19.9 Å². The van der Waals surface area contributed by atoms with E-state index in [-0.39, 0.29) is 19.0 Å². The number of nitrogens with zero attached hydrogens (tertiary/aromatic N) is 1. The predicted octanol–water partition coefficient (Wildman–Crippen LogP) is 1.75. The molecule has 0 aliphatic heterocycles. The first-order valence-electron chi connectivity index (χ1n) is 8.72. The van der Waals surface area contributed by atoms with E-state index in [2.05, 4.69) is 5.32 Å². The van der Waals surface area contributed by atoms with Crippen LogP contribution in [-0.4, -0.2) is 51.3 Å². The highest BCUT2D eigenvalue weighted by Crippen LogP contribution is 2.30. The molecule has 0 unspecified atom stereocenters. The highest BCUT2D eigenvalue weighted by Gasteiger charge is 2.31. The summed E-state index contributed by atoms with van der Waals surface area (Å²) in [5, 5.41) is 2.62. The van der Waals surface area contributed by atoms with Gasteiger partial charge in [0.1, 0.15) is 0 Å². The van der Waals surface area contributed by atoms with Gasteiger partial charge in [0.25, 0.3) is 0 Å². The molecule has 0 radical (unpaired) electrons. The fourth-order valence-corrected chi connectivity index (χ4v) is 3.27. The average Bonchev–Trinajstić information content (AvgIpc) is 2.63. The molecule has 1 aromatic carbocycles. The van der Waals surface area contributed by atoms with E-state index >= 15 is 0 Å². The molecule has 0 heterocycles. The predicted molar refractivity (Wildman–Crippen MR) is 96.8 cm³/mol. The van der Waals surface area contributed by atoms with E-state index in [4.69, 9.17) is 0 Å². The van der Waals surface area contributed by atoms with Gasteiger partial charge in [0.2, 0.25) is 21.8 Å². The molecule has 2 N–H and O–H groups in total. The van der Waals surface area contributed by atoms with Crippen LogP contribution in [0.4, 0.5) is 13.2 Å². The summed E-state index contributed by atoms with van der Waals surface area (Å²) in [5.74, 6) is -1.02. The number of nitrogens with one attached hydrogen (secondary N) is 2. The van der Waals surface area contributed by atoms with E-state index in [0.717, 1.165) is 24.6 Å². The maximum absolute atomic E-state index is 12.8. The maximum atomic E-state index is 12.8. The van der Waals surface area contributed by atoms with Crippen molar-refractivity contribution in [2.75, 3.05) is 26.2 Å². The van der Waals surface area contributed by atoms with Crippen LogP contribution in [0.15, 0.2) is 29.2 Å². The number of alkyl halides is 3. The molecule has 158 valence electrons. The second-order valence-corrected chi connectivity index (χ2v) is 7.78. The molecule has 11 heteroatoms. The third-order valence-corrected chi connectivity index (χ3v) is 5.04. The first-order valence-corrected chi connectivity index (χ1v) is 10.2. The van der Waals surface area contributed by atoms with Crippen LogP contribution >= 0.6 is 0 Å². The number of carbonyl (C=O) groups excluding carboxylic acids is 2. The van der Waals surface area contributed by atoms with E-state index in [1.165, 1.54) is 4.90 Å². The number of amides is 2. The largest absolute Gasteiger partial charge is 0.416 e. The normalized spacial score (nSPS) is 11.9. The minimum absolute atomic E-state index is 0.224. The molecule has 0 saturated carbocycles. The van der Waals surface area contributed by atoms with Crippen LogP contribution in [-0.2, 0) is 25.8 Å². The van der Waals surface area contributed by atoms with Crippen LogP contribution in [0.1, 0.15) is 32.3 Å². The Morgan fingerprint density at radius 2 is 1.82 bits per heavy atom. The Labute approximate surface area is 162 Å². The van der Waals surface area contributed by atoms with Crippen molar-refractivity contribution in [1.29, 1.82) is 0 Å². The van der Waals surface area contributed by atoms with E-state index in [1.807, 2.05) is 11.6 Å². The molecule has 0 spiro atoms. The van der Waals surface area contributed by atoms with Gasteiger partial charge in [-0.3, -0.25) is 9.59 Å². The second-order valence-electron chi connectivity index (χ2n) is 6.02. The second kappa shape index (κ2) is 10.4. The van der Waals surface area contributed by atoms with Crippen LogP contribution < -0.4 is 10.0 Å². The molecule has 0 bridgehead atoms. The number of sulfonamides is 1. The molecule has 0 aliphatic carbocycles. The molecule has 7 nitrogen and oxygen atoms in total. The van der Waals surface area contributed by atoms with Gasteiger partial charge in [-0.25, -0.2) is 13.1 Å². The van der Waals surface area contributed by atoms with Crippen molar-refractivity contribution in [3.05, 3.63) is 29.8 Å². The monoisotopic (exact) mass is 423 g/mol. The molecule has 0 saturated heterocycles. The molecule has 0 fully saturated rings. The first-order chi connectivity index (χ1) is 13.0. The zero-order valence-electron chi connectivity index (χ0n) is 15.7. The van der Waals surface area contributed by atoms with Crippen molar-refractivity contribution < 1.29 is 31.2 Å². The van der Waals surface area contributed by atoms with Gasteiger partial charge in [0.15, 0.2) is 0 Å². The summed E-state index contributed by atoms with van der Waals surface area (Å²) in [7, 11) is -4.33. The fourth-order valence-electron chi connectivity index (χ4n) is 2.25. The van der Waals surface area contributed by atoms with Gasteiger partial charge >= 0.3 is 6.18 Å². The summed E-state index contributed by atoms with van der Waals surface area (Å²) in [6, 6.07) is 3.22. The van der Waals surface area contributed by atoms with Gasteiger partial charge in [-0.15, -0.1) is 0 Å². The Kier molecular flexibility index (Phi) is 8.89. The molecule has 0 aromatic heterocycles. The van der Waals surface area contributed by atoms with Crippen LogP contribution in [0.25, 0.3) is 0 Å². The standard InChI is InChI=1S/C17H24F3N3O4S/c1-3-8-21-15(24)12-23(9-4-2)16(25)11-22-28(26,27)14-7-5-6-13(10-14)17(18,19)20/h5-7,10,22H,3-4,8-9,11-12H2,1-2H3,(H,21,24). The minimum atomic E-state index is -4.69. The van der Waals surface area contributed by atoms with Gasteiger partial charge in [0, 0.05) is 13.1 Å². The molecule has 2 amide bonds. The lowest BCUT2D eigenvalue weighted by molar-refractivity contribution is -0.137. The van der Waals surface area contributed by atoms with E-state index in [9.17, 15) is 31.2 Å². The molecule has 28 heavy (non-hydrogen) atoms. The van der Waals surface area contributed by atoms with Crippen molar-refractivity contribution in [3.8, 4) is 0 Å². The zero-order chi connectivity index (χ0) is 21.4. The quantitative estimate of drug-likeness (QED) is 0.599. The number of benzene rings is 1. The van der Waals surface area contributed by atoms with Crippen LogP contribution in [0.2, 0.25) is 0 Å². The lowest BCUT2D eigenvalue weighted by Crippen LogP contribution is -2.45. The number of halogens is 3. The maximum Gasteiger partial charge on any atom is 0.416 e. The summed E-state index contributed by atoms with van der Waals surface area (Å²) in [4.78, 5) is 24.7. The number of hydrogen-bond donors (Lipinski definition) is 2. The number of hydrogen-bond acceptors (Lipinski definition) is 4. The minimum Gasteiger partial charge on any atom is -0.355 e. The molecule has 1 aromatic rings. The van der Waals surface area contributed by atoms with Gasteiger partial charge in [-0.2, -0.15) is 13.2 Å². The number of carbonyl (C=O) groups is 2. The lowest BCUT2D eigenvalue weighted by atomic mass is 10.2. The van der Waals surface area contributed by atoms with Gasteiger partial charge < -0.3 is 10.2 Å². The molecular weight excluding hydrogens is 399 g/mol. The van der Waals surface area contributed by atoms with Gasteiger partial charge in [0.05, 0.1) is 23.5 Å². The SMILES string of the molecule is CCCNC(=O)CN(CCC)C(=O)CNS(=O)(=O)c1cccc(C(F)(F)F)c1. The topological polar surface area (TPSA) is 95.6 Å². The van der Waals surface area contributed by atoms with E-state index in [0.29, 0.717) is 19.0 Å². The summed E-state index contributed by atoms with van der Waals surface area (Å²) >= 11 is 0. The molecule has 0 atom stereocenters. The van der Waals surface area contributed by atoms with E-state index in [1.54, 1.807) is 6.92 Å². The molecule has 0 aliphatic rings. The van der Waals surface area contributed by atoms with Crippen molar-refractivity contribution >= 4 is 21.8 Å². The van der Waals surface area contributed by atoms with Crippen molar-refractivity contribution in [2.45, 2.75) is 37.8 Å². The Morgan fingerprint density at radius 1 is 1.14 bits per heavy atom. The smallest absolute Gasteiger partial charge is 0.355 e. The lowest BCUT2D eigenvalue weighted by Gasteiger charge is -2.22. The summed E-state index contributed by atoms with van der Waals surface area (Å²) in [5.41, 5.74) is -1.11. The highest BCUT2D eigenvalue weighted by molar-refractivity contribution is 7.89. The third kappa shape index (κ3) is 7.47. The summed E-state index contributed by atoms with van der Waals surface area (Å²) in [6.07, 6.45) is -3.41. The Bertz CT molecular complexity index is 782. The molecule has 1 rings (SSSR count). The fraction of sp³-hybridized carbons (Fsp3) is 0.529. The van der Waals surface area contributed by atoms with Crippen molar-refractivity contribution in [2.24, 2.45) is 0 Å². The zero-order valence-corrected chi connectivity index (χ0v) is 16.5. The molecular formula is C17H24F3N3O4S. The Balaban J connectivity index is 2.81. The van der Waals surface area contributed by atoms with Crippen molar-refractivity contribution in [3.63, 3.8) is 0 Å². The van der Waals surface area contributed by atoms with E-state index < -0.39 is 39.1 Å². The van der Waals surface area contributed by atoms with Crippen molar-refractivity contribution in [1.82, 2.24) is 14.9 Å². The summed E-state index contributed by atoms with van der Waals surface area (Å²) in [6.45, 7) is 3.46. The van der Waals surface area contributed by atoms with Crippen LogP contribution in [0.5, 0.6) is 0 Å². The van der Waals surface area contributed by atoms with Gasteiger partial charge in [-0.05, 0) is 31.0 Å². The summed E-state index contributed by atoms with van der Waals surface area (Å²) < 4.78 is 64.7. The van der Waals surface area contributed by atoms with Crippen LogP contribution in [0, 0.1) is 0 Å². The number of rotatable bonds is 10. The highest BCUT2D eigenvalue weighted by atomic mass is 32.2. The Morgan fingerprint density at radius 3 is 2.39 bits per heavy atom. The Hall–Kier alpha value is -2.14. The average molecular weight is 423 g/mol. The third-order valence-electron chi connectivity index (χ3n) is 3.64. The first kappa shape index (κ1) is 23.9. The van der Waals surface area contributed by atoms with Crippen LogP contribution in [0.3, 0.4) is 0 Å².